The van der Waals surface area contributed by atoms with E-state index in [0.717, 1.165) is 18.5 Å². The van der Waals surface area contributed by atoms with Crippen LogP contribution in [0.2, 0.25) is 5.02 Å². The Hall–Kier alpha value is -3.19. The van der Waals surface area contributed by atoms with E-state index in [2.05, 4.69) is 22.1 Å². The standard InChI is InChI=1S/C21H19ClFN5O/c1-2-3-10-28(15-8-9-18(29)16(22)11-15)21-19-17(12-24-27-19)25-20(26-21)13-4-6-14(23)7-5-13/h4-9,11-12,29H,2-3,10H2,1H3,(H,24,27). The van der Waals surface area contributed by atoms with Gasteiger partial charge in [-0.15, -0.1) is 0 Å². The molecule has 4 aromatic rings. The Morgan fingerprint density at radius 1 is 1.14 bits per heavy atom. The number of phenols is 1. The molecule has 0 radical (unpaired) electrons. The molecule has 6 nitrogen and oxygen atoms in total. The highest BCUT2D eigenvalue weighted by Gasteiger charge is 2.19. The summed E-state index contributed by atoms with van der Waals surface area (Å²) in [6.07, 6.45) is 3.55. The molecule has 0 atom stereocenters. The van der Waals surface area contributed by atoms with Gasteiger partial charge in [0, 0.05) is 17.8 Å². The maximum atomic E-state index is 13.3. The molecule has 0 unspecified atom stereocenters. The lowest BCUT2D eigenvalue weighted by atomic mass is 10.2. The molecular weight excluding hydrogens is 393 g/mol. The maximum Gasteiger partial charge on any atom is 0.163 e. The zero-order chi connectivity index (χ0) is 20.4. The van der Waals surface area contributed by atoms with Gasteiger partial charge in [0.15, 0.2) is 11.6 Å². The summed E-state index contributed by atoms with van der Waals surface area (Å²) in [4.78, 5) is 11.4. The van der Waals surface area contributed by atoms with Gasteiger partial charge in [0.1, 0.15) is 22.6 Å². The van der Waals surface area contributed by atoms with E-state index in [9.17, 15) is 9.50 Å². The number of anilines is 2. The quantitative estimate of drug-likeness (QED) is 0.440. The molecule has 0 amide bonds. The van der Waals surface area contributed by atoms with Crippen LogP contribution in [0.1, 0.15) is 19.8 Å². The van der Waals surface area contributed by atoms with Gasteiger partial charge in [-0.2, -0.15) is 5.10 Å². The van der Waals surface area contributed by atoms with Crippen molar-refractivity contribution in [2.45, 2.75) is 19.8 Å². The summed E-state index contributed by atoms with van der Waals surface area (Å²) < 4.78 is 13.3. The number of rotatable bonds is 6. The van der Waals surface area contributed by atoms with Crippen molar-refractivity contribution < 1.29 is 9.50 Å². The summed E-state index contributed by atoms with van der Waals surface area (Å²) in [6, 6.07) is 11.1. The number of nitrogens with one attached hydrogen (secondary N) is 1. The number of unbranched alkanes of at least 4 members (excludes halogenated alkanes) is 1. The van der Waals surface area contributed by atoms with Gasteiger partial charge in [0.25, 0.3) is 0 Å². The lowest BCUT2D eigenvalue weighted by Gasteiger charge is -2.25. The van der Waals surface area contributed by atoms with Crippen LogP contribution < -0.4 is 4.90 Å². The van der Waals surface area contributed by atoms with Gasteiger partial charge in [-0.05, 0) is 48.9 Å². The van der Waals surface area contributed by atoms with Crippen molar-refractivity contribution in [3.8, 4) is 17.1 Å². The summed E-state index contributed by atoms with van der Waals surface area (Å²) in [7, 11) is 0. The number of phenolic OH excluding ortho intramolecular Hbond substituents is 1. The molecule has 4 rings (SSSR count). The number of H-pyrrole nitrogens is 1. The van der Waals surface area contributed by atoms with Gasteiger partial charge in [-0.1, -0.05) is 24.9 Å². The third-order valence-electron chi connectivity index (χ3n) is 4.62. The average molecular weight is 412 g/mol. The number of halogens is 2. The molecule has 0 fully saturated rings. The summed E-state index contributed by atoms with van der Waals surface area (Å²) >= 11 is 6.15. The number of aromatic amines is 1. The molecule has 2 heterocycles. The summed E-state index contributed by atoms with van der Waals surface area (Å²) in [6.45, 7) is 2.79. The number of benzene rings is 2. The van der Waals surface area contributed by atoms with E-state index >= 15 is 0 Å². The predicted molar refractivity (Wildman–Crippen MR) is 112 cm³/mol. The Bertz CT molecular complexity index is 1150. The zero-order valence-corrected chi connectivity index (χ0v) is 16.5. The van der Waals surface area contributed by atoms with Gasteiger partial charge in [-0.25, -0.2) is 14.4 Å². The van der Waals surface area contributed by atoms with E-state index in [1.54, 1.807) is 36.5 Å². The van der Waals surface area contributed by atoms with E-state index in [1.807, 2.05) is 4.90 Å². The first-order valence-electron chi connectivity index (χ1n) is 9.30. The van der Waals surface area contributed by atoms with Crippen molar-refractivity contribution in [3.05, 3.63) is 59.5 Å². The summed E-state index contributed by atoms with van der Waals surface area (Å²) in [5, 5.41) is 17.2. The van der Waals surface area contributed by atoms with Gasteiger partial charge >= 0.3 is 0 Å². The minimum Gasteiger partial charge on any atom is -0.506 e. The van der Waals surface area contributed by atoms with Crippen molar-refractivity contribution in [2.24, 2.45) is 0 Å². The Balaban J connectivity index is 1.88. The largest absolute Gasteiger partial charge is 0.506 e. The van der Waals surface area contributed by atoms with Crippen molar-refractivity contribution in [3.63, 3.8) is 0 Å². The number of aromatic nitrogens is 4. The SMILES string of the molecule is CCCCN(c1ccc(O)c(Cl)c1)c1nc(-c2ccc(F)cc2)nc2cn[nH]c12. The van der Waals surface area contributed by atoms with Crippen LogP contribution in [0.4, 0.5) is 15.9 Å². The van der Waals surface area contributed by atoms with Gasteiger partial charge < -0.3 is 10.0 Å². The third-order valence-corrected chi connectivity index (χ3v) is 4.92. The highest BCUT2D eigenvalue weighted by molar-refractivity contribution is 6.32. The van der Waals surface area contributed by atoms with Crippen molar-refractivity contribution in [2.75, 3.05) is 11.4 Å². The summed E-state index contributed by atoms with van der Waals surface area (Å²) in [5.74, 6) is 0.816. The minimum atomic E-state index is -0.318. The molecule has 29 heavy (non-hydrogen) atoms. The number of fused-ring (bicyclic) bond motifs is 1. The molecule has 0 bridgehead atoms. The fourth-order valence-electron chi connectivity index (χ4n) is 3.09. The number of nitrogens with zero attached hydrogens (tertiary/aromatic N) is 4. The topological polar surface area (TPSA) is 77.9 Å². The minimum absolute atomic E-state index is 0.0206. The van der Waals surface area contributed by atoms with Crippen LogP contribution in [0, 0.1) is 5.82 Å². The van der Waals surface area contributed by atoms with E-state index in [1.165, 1.54) is 12.1 Å². The van der Waals surface area contributed by atoms with Crippen LogP contribution in [0.3, 0.4) is 0 Å². The van der Waals surface area contributed by atoms with Crippen LogP contribution >= 0.6 is 11.6 Å². The molecule has 148 valence electrons. The Kier molecular flexibility index (Phi) is 5.31. The van der Waals surface area contributed by atoms with E-state index < -0.39 is 0 Å². The molecule has 0 saturated heterocycles. The van der Waals surface area contributed by atoms with E-state index in [4.69, 9.17) is 16.6 Å². The second-order valence-corrected chi connectivity index (χ2v) is 7.06. The molecule has 2 aromatic heterocycles. The molecule has 0 spiro atoms. The second kappa shape index (κ2) is 8.05. The van der Waals surface area contributed by atoms with Crippen LogP contribution in [-0.4, -0.2) is 31.8 Å². The fraction of sp³-hybridized carbons (Fsp3) is 0.190. The van der Waals surface area contributed by atoms with Crippen LogP contribution in [0.5, 0.6) is 5.75 Å². The molecule has 0 aliphatic heterocycles. The molecule has 0 aliphatic rings. The Morgan fingerprint density at radius 2 is 1.93 bits per heavy atom. The van der Waals surface area contributed by atoms with Gasteiger partial charge in [0.05, 0.1) is 11.2 Å². The molecule has 2 aromatic carbocycles. The highest BCUT2D eigenvalue weighted by atomic mass is 35.5. The first-order chi connectivity index (χ1) is 14.1. The van der Waals surface area contributed by atoms with E-state index in [0.29, 0.717) is 34.8 Å². The molecule has 2 N–H and O–H groups in total. The van der Waals surface area contributed by atoms with E-state index in [-0.39, 0.29) is 16.6 Å². The first-order valence-corrected chi connectivity index (χ1v) is 9.67. The predicted octanol–water partition coefficient (Wildman–Crippen LogP) is 5.46. The van der Waals surface area contributed by atoms with Crippen molar-refractivity contribution in [1.82, 2.24) is 20.2 Å². The number of hydrogen-bond donors (Lipinski definition) is 2. The Labute approximate surface area is 172 Å². The highest BCUT2D eigenvalue weighted by Crippen LogP contribution is 2.35. The van der Waals surface area contributed by atoms with Gasteiger partial charge in [-0.3, -0.25) is 5.10 Å². The molecule has 8 heteroatoms. The summed E-state index contributed by atoms with van der Waals surface area (Å²) in [5.41, 5.74) is 2.84. The third kappa shape index (κ3) is 3.86. The van der Waals surface area contributed by atoms with Crippen LogP contribution in [-0.2, 0) is 0 Å². The lowest BCUT2D eigenvalue weighted by molar-refractivity contribution is 0.475. The first kappa shape index (κ1) is 19.1. The normalized spacial score (nSPS) is 11.1. The Morgan fingerprint density at radius 3 is 2.66 bits per heavy atom. The average Bonchev–Trinajstić information content (AvgIpc) is 3.20. The zero-order valence-electron chi connectivity index (χ0n) is 15.7. The van der Waals surface area contributed by atoms with Gasteiger partial charge in [0.2, 0.25) is 0 Å². The molecule has 0 saturated carbocycles. The smallest absolute Gasteiger partial charge is 0.163 e. The van der Waals surface area contributed by atoms with Crippen molar-refractivity contribution in [1.29, 1.82) is 0 Å². The second-order valence-electron chi connectivity index (χ2n) is 6.65. The number of hydrogen-bond acceptors (Lipinski definition) is 5. The molecular formula is C21H19ClFN5O. The van der Waals surface area contributed by atoms with Crippen LogP contribution in [0.25, 0.3) is 22.4 Å². The maximum absolute atomic E-state index is 13.3. The lowest BCUT2D eigenvalue weighted by Crippen LogP contribution is -2.20. The van der Waals surface area contributed by atoms with Crippen LogP contribution in [0.15, 0.2) is 48.7 Å². The monoisotopic (exact) mass is 411 g/mol. The van der Waals surface area contributed by atoms with Crippen molar-refractivity contribution >= 4 is 34.1 Å². The molecule has 0 aliphatic carbocycles. The fourth-order valence-corrected chi connectivity index (χ4v) is 3.26. The number of aromatic hydroxyl groups is 1.